The van der Waals surface area contributed by atoms with Crippen LogP contribution in [0.2, 0.25) is 5.15 Å². The number of Topliss-reactive ketones (excluding diaryl/α,β-unsaturated/α-hetero) is 1. The Labute approximate surface area is 198 Å². The third kappa shape index (κ3) is 5.27. The van der Waals surface area contributed by atoms with Gasteiger partial charge in [-0.05, 0) is 39.5 Å². The Morgan fingerprint density at radius 1 is 1.16 bits per heavy atom. The van der Waals surface area contributed by atoms with Crippen molar-refractivity contribution in [1.82, 2.24) is 9.88 Å². The van der Waals surface area contributed by atoms with Gasteiger partial charge in [-0.25, -0.2) is 4.98 Å². The van der Waals surface area contributed by atoms with E-state index < -0.39 is 11.7 Å². The van der Waals surface area contributed by atoms with E-state index in [4.69, 9.17) is 21.1 Å². The van der Waals surface area contributed by atoms with Gasteiger partial charge in [0, 0.05) is 41.3 Å². The van der Waals surface area contributed by atoms with Crippen LogP contribution in [-0.2, 0) is 9.53 Å². The van der Waals surface area contributed by atoms with Gasteiger partial charge in [0.2, 0.25) is 0 Å². The van der Waals surface area contributed by atoms with Crippen molar-refractivity contribution in [1.29, 1.82) is 0 Å². The number of ether oxygens (including phenoxy) is 2. The topological polar surface area (TPSA) is 80.8 Å². The minimum Gasteiger partial charge on any atom is -0.492 e. The molecule has 0 bridgehead atoms. The second-order valence-electron chi connectivity index (χ2n) is 7.23. The van der Waals surface area contributed by atoms with Crippen molar-refractivity contribution in [3.8, 4) is 5.75 Å². The first kappa shape index (κ1) is 22.7. The smallest absolute Gasteiger partial charge is 0.296 e. The van der Waals surface area contributed by atoms with Crippen LogP contribution in [-0.4, -0.2) is 61.0 Å². The highest BCUT2D eigenvalue weighted by Crippen LogP contribution is 2.30. The first-order valence-corrected chi connectivity index (χ1v) is 11.3. The molecule has 2 aromatic carbocycles. The van der Waals surface area contributed by atoms with Crippen molar-refractivity contribution in [2.75, 3.05) is 44.8 Å². The average Bonchev–Trinajstić information content (AvgIpc) is 2.81. The Bertz CT molecular complexity index is 1150. The number of amides is 1. The van der Waals surface area contributed by atoms with Crippen LogP contribution in [0.5, 0.6) is 5.75 Å². The SMILES string of the molecule is O=C(Nc1cc(Br)cnc1Cl)C(=O)c1ccc(OCCN2CCOCC2)c2ccccc12. The Morgan fingerprint density at radius 2 is 1.91 bits per heavy atom. The van der Waals surface area contributed by atoms with Crippen LogP contribution < -0.4 is 10.1 Å². The lowest BCUT2D eigenvalue weighted by atomic mass is 10.00. The number of nitrogens with one attached hydrogen (secondary N) is 1. The van der Waals surface area contributed by atoms with Gasteiger partial charge < -0.3 is 14.8 Å². The molecule has 1 N–H and O–H groups in total. The summed E-state index contributed by atoms with van der Waals surface area (Å²) < 4.78 is 12.0. The van der Waals surface area contributed by atoms with Crippen molar-refractivity contribution in [2.45, 2.75) is 0 Å². The molecule has 4 rings (SSSR count). The maximum atomic E-state index is 12.9. The van der Waals surface area contributed by atoms with Crippen molar-refractivity contribution >= 4 is 55.7 Å². The predicted octanol–water partition coefficient (Wildman–Crippen LogP) is 4.18. The number of morpholine rings is 1. The number of rotatable bonds is 7. The number of carbonyl (C=O) groups excluding carboxylic acids is 2. The van der Waals surface area contributed by atoms with Gasteiger partial charge in [-0.1, -0.05) is 35.9 Å². The molecule has 0 atom stereocenters. The fourth-order valence-corrected chi connectivity index (χ4v) is 4.00. The van der Waals surface area contributed by atoms with Gasteiger partial charge >= 0.3 is 0 Å². The van der Waals surface area contributed by atoms with Crippen LogP contribution in [0.15, 0.2) is 53.1 Å². The van der Waals surface area contributed by atoms with Crippen molar-refractivity contribution in [3.05, 3.63) is 63.9 Å². The summed E-state index contributed by atoms with van der Waals surface area (Å²) in [6, 6.07) is 12.3. The molecule has 2 heterocycles. The Balaban J connectivity index is 1.51. The van der Waals surface area contributed by atoms with E-state index in [9.17, 15) is 9.59 Å². The van der Waals surface area contributed by atoms with Gasteiger partial charge in [0.15, 0.2) is 5.15 Å². The molecule has 0 saturated carbocycles. The molecule has 9 heteroatoms. The lowest BCUT2D eigenvalue weighted by molar-refractivity contribution is -0.112. The number of halogens is 2. The number of aromatic nitrogens is 1. The molecular formula is C23H21BrClN3O4. The summed E-state index contributed by atoms with van der Waals surface area (Å²) in [6.07, 6.45) is 1.51. The van der Waals surface area contributed by atoms with E-state index in [2.05, 4.69) is 31.1 Å². The van der Waals surface area contributed by atoms with E-state index in [1.54, 1.807) is 24.3 Å². The van der Waals surface area contributed by atoms with Gasteiger partial charge in [0.1, 0.15) is 12.4 Å². The van der Waals surface area contributed by atoms with Crippen LogP contribution in [0, 0.1) is 0 Å². The fourth-order valence-electron chi connectivity index (χ4n) is 3.52. The Morgan fingerprint density at radius 3 is 2.69 bits per heavy atom. The molecular weight excluding hydrogens is 498 g/mol. The predicted molar refractivity (Wildman–Crippen MR) is 127 cm³/mol. The van der Waals surface area contributed by atoms with E-state index in [1.807, 2.05) is 18.2 Å². The molecule has 32 heavy (non-hydrogen) atoms. The van der Waals surface area contributed by atoms with Crippen LogP contribution >= 0.6 is 27.5 Å². The van der Waals surface area contributed by atoms with Crippen molar-refractivity contribution in [3.63, 3.8) is 0 Å². The maximum Gasteiger partial charge on any atom is 0.296 e. The summed E-state index contributed by atoms with van der Waals surface area (Å²) >= 11 is 9.30. The fraction of sp³-hybridized carbons (Fsp3) is 0.261. The number of carbonyl (C=O) groups is 2. The standard InChI is InChI=1S/C23H21BrClN3O4/c24-15-13-19(22(25)26-14-15)27-23(30)21(29)18-5-6-20(17-4-2-1-3-16(17)18)32-12-9-28-7-10-31-11-8-28/h1-6,13-14H,7-12H2,(H,27,30). The molecule has 0 spiro atoms. The van der Waals surface area contributed by atoms with Gasteiger partial charge in [-0.3, -0.25) is 14.5 Å². The zero-order valence-corrected chi connectivity index (χ0v) is 19.5. The molecule has 1 saturated heterocycles. The van der Waals surface area contributed by atoms with E-state index in [0.717, 1.165) is 38.2 Å². The number of hydrogen-bond acceptors (Lipinski definition) is 6. The van der Waals surface area contributed by atoms with Crippen LogP contribution in [0.1, 0.15) is 10.4 Å². The van der Waals surface area contributed by atoms with Gasteiger partial charge in [-0.2, -0.15) is 0 Å². The lowest BCUT2D eigenvalue weighted by Crippen LogP contribution is -2.38. The van der Waals surface area contributed by atoms with E-state index in [1.165, 1.54) is 6.20 Å². The van der Waals surface area contributed by atoms with Crippen molar-refractivity contribution < 1.29 is 19.1 Å². The lowest BCUT2D eigenvalue weighted by Gasteiger charge is -2.26. The Kier molecular flexibility index (Phi) is 7.36. The van der Waals surface area contributed by atoms with E-state index >= 15 is 0 Å². The molecule has 3 aromatic rings. The summed E-state index contributed by atoms with van der Waals surface area (Å²) in [5.74, 6) is -0.792. The molecule has 1 aliphatic heterocycles. The number of benzene rings is 2. The monoisotopic (exact) mass is 517 g/mol. The zero-order chi connectivity index (χ0) is 22.5. The molecule has 0 radical (unpaired) electrons. The quantitative estimate of drug-likeness (QED) is 0.287. The first-order chi connectivity index (χ1) is 15.5. The largest absolute Gasteiger partial charge is 0.492 e. The van der Waals surface area contributed by atoms with Gasteiger partial charge in [0.05, 0.1) is 18.9 Å². The third-order valence-electron chi connectivity index (χ3n) is 5.16. The molecule has 1 aliphatic rings. The number of anilines is 1. The van der Waals surface area contributed by atoms with Crippen LogP contribution in [0.4, 0.5) is 5.69 Å². The minimum atomic E-state index is -0.794. The molecule has 0 unspecified atom stereocenters. The number of ketones is 1. The normalized spacial score (nSPS) is 14.3. The molecule has 1 aromatic heterocycles. The highest BCUT2D eigenvalue weighted by molar-refractivity contribution is 9.10. The summed E-state index contributed by atoms with van der Waals surface area (Å²) in [5, 5.41) is 4.06. The van der Waals surface area contributed by atoms with Crippen LogP contribution in [0.3, 0.4) is 0 Å². The van der Waals surface area contributed by atoms with Crippen molar-refractivity contribution in [2.24, 2.45) is 0 Å². The molecule has 166 valence electrons. The maximum absolute atomic E-state index is 12.9. The zero-order valence-electron chi connectivity index (χ0n) is 17.1. The molecule has 1 fully saturated rings. The molecule has 1 amide bonds. The van der Waals surface area contributed by atoms with E-state index in [-0.39, 0.29) is 16.4 Å². The summed E-state index contributed by atoms with van der Waals surface area (Å²) in [7, 11) is 0. The molecule has 7 nitrogen and oxygen atoms in total. The number of pyridine rings is 1. The summed E-state index contributed by atoms with van der Waals surface area (Å²) in [4.78, 5) is 31.8. The first-order valence-electron chi connectivity index (χ1n) is 10.1. The third-order valence-corrected chi connectivity index (χ3v) is 5.89. The highest BCUT2D eigenvalue weighted by Gasteiger charge is 2.21. The minimum absolute atomic E-state index is 0.100. The molecule has 0 aliphatic carbocycles. The average molecular weight is 519 g/mol. The number of nitrogens with zero attached hydrogens (tertiary/aromatic N) is 2. The van der Waals surface area contributed by atoms with E-state index in [0.29, 0.717) is 22.2 Å². The van der Waals surface area contributed by atoms with Gasteiger partial charge in [-0.15, -0.1) is 0 Å². The summed E-state index contributed by atoms with van der Waals surface area (Å²) in [5.41, 5.74) is 0.546. The number of hydrogen-bond donors (Lipinski definition) is 1. The van der Waals surface area contributed by atoms with Gasteiger partial charge in [0.25, 0.3) is 11.7 Å². The number of fused-ring (bicyclic) bond motifs is 1. The Hall–Kier alpha value is -2.52. The second kappa shape index (κ2) is 10.4. The highest BCUT2D eigenvalue weighted by atomic mass is 79.9. The van der Waals surface area contributed by atoms with Crippen LogP contribution in [0.25, 0.3) is 10.8 Å². The summed E-state index contributed by atoms with van der Waals surface area (Å²) in [6.45, 7) is 4.58. The second-order valence-corrected chi connectivity index (χ2v) is 8.51.